The molecule has 174 valence electrons. The van der Waals surface area contributed by atoms with Gasteiger partial charge in [0.25, 0.3) is 0 Å². The second-order valence-electron chi connectivity index (χ2n) is 8.86. The van der Waals surface area contributed by atoms with Gasteiger partial charge in [0.15, 0.2) is 0 Å². The molecule has 1 fully saturated rings. The summed E-state index contributed by atoms with van der Waals surface area (Å²) < 4.78 is 7.22. The topological polar surface area (TPSA) is 76.4 Å². The van der Waals surface area contributed by atoms with Crippen molar-refractivity contribution in [1.82, 2.24) is 24.6 Å². The van der Waals surface area contributed by atoms with E-state index in [0.717, 1.165) is 53.3 Å². The van der Waals surface area contributed by atoms with Crippen LogP contribution in [0, 0.1) is 13.8 Å². The van der Waals surface area contributed by atoms with E-state index < -0.39 is 0 Å². The second kappa shape index (κ2) is 9.60. The quantitative estimate of drug-likeness (QED) is 0.575. The Balaban J connectivity index is 1.63. The molecule has 0 N–H and O–H groups in total. The molecule has 1 aliphatic heterocycles. The van der Waals surface area contributed by atoms with E-state index in [4.69, 9.17) is 9.72 Å². The van der Waals surface area contributed by atoms with Crippen LogP contribution in [-0.2, 0) is 11.3 Å². The van der Waals surface area contributed by atoms with Crippen molar-refractivity contribution in [3.8, 4) is 16.9 Å². The zero-order chi connectivity index (χ0) is 23.5. The van der Waals surface area contributed by atoms with Crippen molar-refractivity contribution in [2.75, 3.05) is 39.2 Å². The predicted octanol–water partition coefficient (Wildman–Crippen LogP) is 3.44. The molecule has 0 saturated carbocycles. The molecule has 4 rings (SSSR count). The lowest BCUT2D eigenvalue weighted by Gasteiger charge is -2.33. The van der Waals surface area contributed by atoms with Crippen molar-refractivity contribution >= 4 is 11.9 Å². The maximum atomic E-state index is 13.1. The van der Waals surface area contributed by atoms with Gasteiger partial charge in [-0.05, 0) is 50.5 Å². The van der Waals surface area contributed by atoms with Crippen molar-refractivity contribution in [2.24, 2.45) is 0 Å². The van der Waals surface area contributed by atoms with E-state index in [1.807, 2.05) is 68.2 Å². The number of aromatic nitrogens is 4. The van der Waals surface area contributed by atoms with E-state index in [-0.39, 0.29) is 18.4 Å². The molecule has 3 heterocycles. The van der Waals surface area contributed by atoms with Gasteiger partial charge < -0.3 is 14.5 Å². The molecular formula is C25H32N6O2. The molecule has 2 aromatic heterocycles. The Bertz CT molecular complexity index is 1140. The van der Waals surface area contributed by atoms with Crippen LogP contribution < -0.4 is 9.64 Å². The van der Waals surface area contributed by atoms with Gasteiger partial charge in [0, 0.05) is 50.6 Å². The van der Waals surface area contributed by atoms with Crippen LogP contribution in [-0.4, -0.2) is 64.9 Å². The van der Waals surface area contributed by atoms with Crippen molar-refractivity contribution < 1.29 is 9.53 Å². The number of methoxy groups -OCH3 is 1. The third-order valence-corrected chi connectivity index (χ3v) is 6.14. The third-order valence-electron chi connectivity index (χ3n) is 6.14. The molecule has 0 aliphatic carbocycles. The van der Waals surface area contributed by atoms with E-state index in [9.17, 15) is 4.79 Å². The molecule has 3 aromatic rings. The first kappa shape index (κ1) is 22.8. The number of piperidine rings is 1. The Labute approximate surface area is 195 Å². The number of aryl methyl sites for hydroxylation is 2. The third kappa shape index (κ3) is 4.99. The summed E-state index contributed by atoms with van der Waals surface area (Å²) >= 11 is 0. The fourth-order valence-corrected chi connectivity index (χ4v) is 4.41. The van der Waals surface area contributed by atoms with Crippen LogP contribution in [0.1, 0.15) is 35.8 Å². The van der Waals surface area contributed by atoms with Gasteiger partial charge in [-0.25, -0.2) is 9.97 Å². The zero-order valence-corrected chi connectivity index (χ0v) is 20.1. The van der Waals surface area contributed by atoms with Crippen LogP contribution in [0.5, 0.6) is 5.75 Å². The van der Waals surface area contributed by atoms with Gasteiger partial charge in [0.2, 0.25) is 11.9 Å². The SMILES string of the molecule is COc1cccc(-c2cnc(N(C)C)nc2[C@H]2CCCN(C(=O)Cn3nc(C)cc3C)C2)c1. The lowest BCUT2D eigenvalue weighted by atomic mass is 9.90. The molecule has 1 aromatic carbocycles. The number of rotatable bonds is 6. The molecule has 1 aliphatic rings. The average Bonchev–Trinajstić information content (AvgIpc) is 3.14. The molecular weight excluding hydrogens is 416 g/mol. The van der Waals surface area contributed by atoms with Gasteiger partial charge in [-0.2, -0.15) is 5.10 Å². The van der Waals surface area contributed by atoms with E-state index >= 15 is 0 Å². The summed E-state index contributed by atoms with van der Waals surface area (Å²) in [6, 6.07) is 9.96. The number of ether oxygens (including phenoxy) is 1. The van der Waals surface area contributed by atoms with Crippen molar-refractivity contribution in [1.29, 1.82) is 0 Å². The lowest BCUT2D eigenvalue weighted by Crippen LogP contribution is -2.41. The average molecular weight is 449 g/mol. The van der Waals surface area contributed by atoms with Crippen molar-refractivity contribution in [3.05, 3.63) is 53.6 Å². The molecule has 8 heteroatoms. The Hall–Kier alpha value is -3.42. The standard InChI is InChI=1S/C25H32N6O2/c1-17-12-18(2)31(28-17)16-23(32)30-11-7-9-20(15-30)24-22(14-26-25(27-24)29(3)4)19-8-6-10-21(13-19)33-5/h6,8,10,12-14,20H,7,9,11,15-16H2,1-5H3/t20-/m0/s1. The van der Waals surface area contributed by atoms with E-state index in [1.165, 1.54) is 0 Å². The summed E-state index contributed by atoms with van der Waals surface area (Å²) in [7, 11) is 5.55. The van der Waals surface area contributed by atoms with Crippen LogP contribution in [0.3, 0.4) is 0 Å². The zero-order valence-electron chi connectivity index (χ0n) is 20.1. The first-order valence-corrected chi connectivity index (χ1v) is 11.3. The molecule has 8 nitrogen and oxygen atoms in total. The molecule has 0 spiro atoms. The van der Waals surface area contributed by atoms with Crippen LogP contribution in [0.25, 0.3) is 11.1 Å². The highest BCUT2D eigenvalue weighted by Crippen LogP contribution is 2.35. The maximum absolute atomic E-state index is 13.1. The first-order chi connectivity index (χ1) is 15.9. The number of nitrogens with zero attached hydrogens (tertiary/aromatic N) is 6. The number of benzene rings is 1. The summed E-state index contributed by atoms with van der Waals surface area (Å²) in [5.74, 6) is 1.69. The molecule has 1 amide bonds. The normalized spacial score (nSPS) is 16.0. The summed E-state index contributed by atoms with van der Waals surface area (Å²) in [6.45, 7) is 5.59. The summed E-state index contributed by atoms with van der Waals surface area (Å²) in [6.07, 6.45) is 3.81. The van der Waals surface area contributed by atoms with Gasteiger partial charge in [-0.15, -0.1) is 0 Å². The largest absolute Gasteiger partial charge is 0.497 e. The molecule has 0 unspecified atom stereocenters. The van der Waals surface area contributed by atoms with Crippen molar-refractivity contribution in [2.45, 2.75) is 39.2 Å². The van der Waals surface area contributed by atoms with Gasteiger partial charge in [0.05, 0.1) is 18.5 Å². The lowest BCUT2D eigenvalue weighted by molar-refractivity contribution is -0.133. The Kier molecular flexibility index (Phi) is 6.62. The fourth-order valence-electron chi connectivity index (χ4n) is 4.41. The molecule has 0 bridgehead atoms. The molecule has 33 heavy (non-hydrogen) atoms. The van der Waals surface area contributed by atoms with Crippen LogP contribution >= 0.6 is 0 Å². The minimum atomic E-state index is 0.0933. The monoisotopic (exact) mass is 448 g/mol. The number of hydrogen-bond donors (Lipinski definition) is 0. The van der Waals surface area contributed by atoms with E-state index in [1.54, 1.807) is 11.8 Å². The number of carbonyl (C=O) groups is 1. The van der Waals surface area contributed by atoms with E-state index in [2.05, 4.69) is 16.1 Å². The minimum Gasteiger partial charge on any atom is -0.497 e. The van der Waals surface area contributed by atoms with Crippen LogP contribution in [0.2, 0.25) is 0 Å². The molecule has 1 atom stereocenters. The Morgan fingerprint density at radius 1 is 1.24 bits per heavy atom. The fraction of sp³-hybridized carbons (Fsp3) is 0.440. The summed E-state index contributed by atoms with van der Waals surface area (Å²) in [5, 5.41) is 4.45. The van der Waals surface area contributed by atoms with Crippen LogP contribution in [0.4, 0.5) is 5.95 Å². The minimum absolute atomic E-state index is 0.0933. The highest BCUT2D eigenvalue weighted by molar-refractivity contribution is 5.76. The van der Waals surface area contributed by atoms with Gasteiger partial charge in [0.1, 0.15) is 12.3 Å². The molecule has 0 radical (unpaired) electrons. The molecule has 1 saturated heterocycles. The number of carbonyl (C=O) groups excluding carboxylic acids is 1. The summed E-state index contributed by atoms with van der Waals surface area (Å²) in [5.41, 5.74) is 4.90. The van der Waals surface area contributed by atoms with Gasteiger partial charge in [-0.1, -0.05) is 12.1 Å². The Morgan fingerprint density at radius 2 is 2.06 bits per heavy atom. The smallest absolute Gasteiger partial charge is 0.244 e. The van der Waals surface area contributed by atoms with E-state index in [0.29, 0.717) is 12.5 Å². The first-order valence-electron chi connectivity index (χ1n) is 11.3. The summed E-state index contributed by atoms with van der Waals surface area (Å²) in [4.78, 5) is 26.5. The highest BCUT2D eigenvalue weighted by Gasteiger charge is 2.29. The van der Waals surface area contributed by atoms with Gasteiger partial charge >= 0.3 is 0 Å². The predicted molar refractivity (Wildman–Crippen MR) is 129 cm³/mol. The number of likely N-dealkylation sites (tertiary alicyclic amines) is 1. The highest BCUT2D eigenvalue weighted by atomic mass is 16.5. The number of hydrogen-bond acceptors (Lipinski definition) is 6. The number of anilines is 1. The maximum Gasteiger partial charge on any atom is 0.244 e. The second-order valence-corrected chi connectivity index (χ2v) is 8.86. The number of amides is 1. The van der Waals surface area contributed by atoms with Crippen molar-refractivity contribution in [3.63, 3.8) is 0 Å². The van der Waals surface area contributed by atoms with Crippen LogP contribution in [0.15, 0.2) is 36.5 Å². The Morgan fingerprint density at radius 3 is 2.76 bits per heavy atom. The van der Waals surface area contributed by atoms with Gasteiger partial charge in [-0.3, -0.25) is 9.48 Å².